The molecule has 0 atom stereocenters. The van der Waals surface area contributed by atoms with E-state index in [-0.39, 0.29) is 18.0 Å². The second kappa shape index (κ2) is 7.46. The summed E-state index contributed by atoms with van der Waals surface area (Å²) in [5.74, 6) is -0.209. The zero-order valence-corrected chi connectivity index (χ0v) is 16.3. The number of aryl methyl sites for hydroxylation is 1. The number of benzene rings is 1. The number of carbonyl (C=O) groups excluding carboxylic acids is 1. The topological polar surface area (TPSA) is 64.0 Å². The predicted octanol–water partition coefficient (Wildman–Crippen LogP) is 3.81. The Morgan fingerprint density at radius 2 is 2.00 bits per heavy atom. The molecule has 136 valence electrons. The van der Waals surface area contributed by atoms with Crippen LogP contribution in [-0.2, 0) is 17.9 Å². The summed E-state index contributed by atoms with van der Waals surface area (Å²) in [5, 5.41) is 7.32. The maximum absolute atomic E-state index is 13.0. The number of rotatable bonds is 5. The lowest BCUT2D eigenvalue weighted by atomic mass is 10.1. The number of hydrogen-bond acceptors (Lipinski definition) is 5. The number of nitrogens with zero attached hydrogens (tertiary/aromatic N) is 2. The fourth-order valence-electron chi connectivity index (χ4n) is 2.84. The first kappa shape index (κ1) is 17.6. The third kappa shape index (κ3) is 3.70. The Morgan fingerprint density at radius 1 is 1.19 bits per heavy atom. The van der Waals surface area contributed by atoms with Crippen molar-refractivity contribution in [1.82, 2.24) is 14.9 Å². The highest BCUT2D eigenvalue weighted by Gasteiger charge is 2.14. The van der Waals surface area contributed by atoms with Gasteiger partial charge in [0.1, 0.15) is 11.4 Å². The summed E-state index contributed by atoms with van der Waals surface area (Å²) in [6.45, 7) is 2.45. The quantitative estimate of drug-likeness (QED) is 0.559. The first-order valence-electron chi connectivity index (χ1n) is 8.44. The van der Waals surface area contributed by atoms with E-state index in [1.54, 1.807) is 11.3 Å². The van der Waals surface area contributed by atoms with Crippen molar-refractivity contribution in [3.63, 3.8) is 0 Å². The van der Waals surface area contributed by atoms with Crippen molar-refractivity contribution in [3.8, 4) is 11.1 Å². The zero-order chi connectivity index (χ0) is 18.8. The van der Waals surface area contributed by atoms with Crippen LogP contribution in [-0.4, -0.2) is 15.5 Å². The van der Waals surface area contributed by atoms with Gasteiger partial charge in [0.25, 0.3) is 5.56 Å². The monoisotopic (exact) mass is 395 g/mol. The smallest absolute Gasteiger partial charge is 0.263 e. The van der Waals surface area contributed by atoms with Crippen LogP contribution in [0.15, 0.2) is 58.3 Å². The molecule has 4 aromatic rings. The summed E-state index contributed by atoms with van der Waals surface area (Å²) in [4.78, 5) is 31.3. The number of amides is 1. The number of nitrogens with one attached hydrogen (secondary N) is 1. The van der Waals surface area contributed by atoms with E-state index in [1.807, 2.05) is 54.1 Å². The molecule has 0 radical (unpaired) electrons. The van der Waals surface area contributed by atoms with Crippen LogP contribution in [0.25, 0.3) is 21.3 Å². The maximum Gasteiger partial charge on any atom is 0.263 e. The summed E-state index contributed by atoms with van der Waals surface area (Å²) in [7, 11) is 0. The van der Waals surface area contributed by atoms with Gasteiger partial charge in [-0.1, -0.05) is 35.9 Å². The van der Waals surface area contributed by atoms with Gasteiger partial charge in [0.2, 0.25) is 5.91 Å². The number of fused-ring (bicyclic) bond motifs is 1. The van der Waals surface area contributed by atoms with E-state index in [9.17, 15) is 9.59 Å². The molecule has 27 heavy (non-hydrogen) atoms. The highest BCUT2D eigenvalue weighted by Crippen LogP contribution is 2.30. The summed E-state index contributed by atoms with van der Waals surface area (Å²) >= 11 is 3.02. The molecule has 5 nitrogen and oxygen atoms in total. The molecule has 0 saturated heterocycles. The summed E-state index contributed by atoms with van der Waals surface area (Å²) in [5.41, 5.74) is 2.81. The largest absolute Gasteiger partial charge is 0.350 e. The Morgan fingerprint density at radius 3 is 2.74 bits per heavy atom. The van der Waals surface area contributed by atoms with Crippen LogP contribution in [0.2, 0.25) is 0 Å². The normalized spacial score (nSPS) is 11.0. The van der Waals surface area contributed by atoms with Crippen molar-refractivity contribution in [1.29, 1.82) is 0 Å². The van der Waals surface area contributed by atoms with Gasteiger partial charge in [0.05, 0.1) is 18.3 Å². The Kier molecular flexibility index (Phi) is 4.87. The first-order valence-corrected chi connectivity index (χ1v) is 10.2. The average Bonchev–Trinajstić information content (AvgIpc) is 3.33. The van der Waals surface area contributed by atoms with Crippen LogP contribution in [0.5, 0.6) is 0 Å². The van der Waals surface area contributed by atoms with E-state index < -0.39 is 0 Å². The van der Waals surface area contributed by atoms with Crippen molar-refractivity contribution in [3.05, 3.63) is 74.3 Å². The Balaban J connectivity index is 1.61. The van der Waals surface area contributed by atoms with Gasteiger partial charge in [-0.2, -0.15) is 0 Å². The highest BCUT2D eigenvalue weighted by molar-refractivity contribution is 7.17. The molecular formula is C20H17N3O2S2. The SMILES string of the molecule is Cc1ccc(-c2csc3ncn(CC(=O)NCc4cccs4)c(=O)c23)cc1. The number of aromatic nitrogens is 2. The van der Waals surface area contributed by atoms with E-state index in [2.05, 4.69) is 10.3 Å². The third-order valence-corrected chi connectivity index (χ3v) is 6.04. The van der Waals surface area contributed by atoms with Gasteiger partial charge in [-0.3, -0.25) is 14.2 Å². The molecule has 1 N–H and O–H groups in total. The molecule has 4 rings (SSSR count). The van der Waals surface area contributed by atoms with E-state index in [1.165, 1.54) is 22.2 Å². The Bertz CT molecular complexity index is 1140. The third-order valence-electron chi connectivity index (χ3n) is 4.28. The summed E-state index contributed by atoms with van der Waals surface area (Å²) in [6, 6.07) is 11.9. The molecule has 0 aliphatic heterocycles. The molecule has 0 fully saturated rings. The lowest BCUT2D eigenvalue weighted by Crippen LogP contribution is -2.31. The molecule has 0 spiro atoms. The lowest BCUT2D eigenvalue weighted by Gasteiger charge is -2.07. The number of hydrogen-bond donors (Lipinski definition) is 1. The maximum atomic E-state index is 13.0. The van der Waals surface area contributed by atoms with Crippen molar-refractivity contribution in [2.45, 2.75) is 20.0 Å². The van der Waals surface area contributed by atoms with Crippen LogP contribution in [0.3, 0.4) is 0 Å². The van der Waals surface area contributed by atoms with Crippen molar-refractivity contribution < 1.29 is 4.79 Å². The van der Waals surface area contributed by atoms with Gasteiger partial charge in [0.15, 0.2) is 0 Å². The van der Waals surface area contributed by atoms with Gasteiger partial charge in [0, 0.05) is 15.8 Å². The minimum atomic E-state index is -0.209. The van der Waals surface area contributed by atoms with Crippen molar-refractivity contribution in [2.24, 2.45) is 0 Å². The number of carbonyl (C=O) groups is 1. The standard InChI is InChI=1S/C20H17N3O2S2/c1-13-4-6-14(7-5-13)16-11-27-19-18(16)20(25)23(12-22-19)10-17(24)21-9-15-3-2-8-26-15/h2-8,11-12H,9-10H2,1H3,(H,21,24). The molecule has 7 heteroatoms. The molecule has 0 aliphatic rings. The van der Waals surface area contributed by atoms with Gasteiger partial charge >= 0.3 is 0 Å². The second-order valence-electron chi connectivity index (χ2n) is 6.23. The molecular weight excluding hydrogens is 378 g/mol. The fourth-order valence-corrected chi connectivity index (χ4v) is 4.39. The Labute approximate surface area is 163 Å². The van der Waals surface area contributed by atoms with Gasteiger partial charge < -0.3 is 5.32 Å². The van der Waals surface area contributed by atoms with Crippen LogP contribution in [0.4, 0.5) is 0 Å². The minimum Gasteiger partial charge on any atom is -0.350 e. The molecule has 0 unspecified atom stereocenters. The molecule has 0 aliphatic carbocycles. The van der Waals surface area contributed by atoms with E-state index in [0.717, 1.165) is 21.6 Å². The van der Waals surface area contributed by atoms with Gasteiger partial charge in [-0.05, 0) is 23.9 Å². The molecule has 0 saturated carbocycles. The molecule has 1 aromatic carbocycles. The van der Waals surface area contributed by atoms with E-state index in [0.29, 0.717) is 16.8 Å². The van der Waals surface area contributed by atoms with E-state index >= 15 is 0 Å². The predicted molar refractivity (Wildman–Crippen MR) is 110 cm³/mol. The Hall–Kier alpha value is -2.77. The van der Waals surface area contributed by atoms with Crippen molar-refractivity contribution >= 4 is 38.8 Å². The average molecular weight is 396 g/mol. The molecule has 1 amide bonds. The summed E-state index contributed by atoms with van der Waals surface area (Å²) in [6.07, 6.45) is 1.45. The molecule has 0 bridgehead atoms. The zero-order valence-electron chi connectivity index (χ0n) is 14.6. The van der Waals surface area contributed by atoms with Gasteiger partial charge in [-0.25, -0.2) is 4.98 Å². The molecule has 3 aromatic heterocycles. The lowest BCUT2D eigenvalue weighted by molar-refractivity contribution is -0.121. The van der Waals surface area contributed by atoms with Crippen LogP contribution >= 0.6 is 22.7 Å². The summed E-state index contributed by atoms with van der Waals surface area (Å²) < 4.78 is 1.37. The van der Waals surface area contributed by atoms with Gasteiger partial charge in [-0.15, -0.1) is 22.7 Å². The minimum absolute atomic E-state index is 0.0453. The van der Waals surface area contributed by atoms with Crippen LogP contribution in [0.1, 0.15) is 10.4 Å². The number of thiophene rings is 2. The fraction of sp³-hybridized carbons (Fsp3) is 0.150. The van der Waals surface area contributed by atoms with Crippen molar-refractivity contribution in [2.75, 3.05) is 0 Å². The van der Waals surface area contributed by atoms with Crippen LogP contribution in [0, 0.1) is 6.92 Å². The molecule has 3 heterocycles. The second-order valence-corrected chi connectivity index (χ2v) is 8.12. The van der Waals surface area contributed by atoms with Crippen LogP contribution < -0.4 is 10.9 Å². The highest BCUT2D eigenvalue weighted by atomic mass is 32.1. The van der Waals surface area contributed by atoms with E-state index in [4.69, 9.17) is 0 Å². The first-order chi connectivity index (χ1) is 13.1.